The molecular formula is C14H23N3O2. The van der Waals surface area contributed by atoms with Crippen molar-refractivity contribution in [3.05, 3.63) is 18.2 Å². The highest BCUT2D eigenvalue weighted by molar-refractivity contribution is 5.86. The summed E-state index contributed by atoms with van der Waals surface area (Å²) in [7, 11) is 2.18. The van der Waals surface area contributed by atoms with Crippen molar-refractivity contribution >= 4 is 5.97 Å². The lowest BCUT2D eigenvalue weighted by Gasteiger charge is -2.28. The molecule has 19 heavy (non-hydrogen) atoms. The molecule has 2 heterocycles. The van der Waals surface area contributed by atoms with E-state index in [-0.39, 0.29) is 5.97 Å². The predicted molar refractivity (Wildman–Crippen MR) is 73.0 cm³/mol. The summed E-state index contributed by atoms with van der Waals surface area (Å²) in [6.07, 6.45) is 7.21. The number of likely N-dealkylation sites (tertiary alicyclic amines) is 1. The Bertz CT molecular complexity index is 409. The molecule has 0 N–H and O–H groups in total. The molecule has 0 atom stereocenters. The van der Waals surface area contributed by atoms with Crippen LogP contribution in [0.4, 0.5) is 0 Å². The summed E-state index contributed by atoms with van der Waals surface area (Å²) < 4.78 is 6.92. The maximum absolute atomic E-state index is 11.5. The molecule has 0 spiro atoms. The van der Waals surface area contributed by atoms with Crippen LogP contribution in [0.15, 0.2) is 12.5 Å². The van der Waals surface area contributed by atoms with E-state index < -0.39 is 0 Å². The summed E-state index contributed by atoms with van der Waals surface area (Å²) in [5.41, 5.74) is 0.408. The lowest BCUT2D eigenvalue weighted by molar-refractivity contribution is 0.0520. The van der Waals surface area contributed by atoms with Crippen molar-refractivity contribution in [3.8, 4) is 0 Å². The van der Waals surface area contributed by atoms with Gasteiger partial charge in [-0.25, -0.2) is 9.78 Å². The fourth-order valence-corrected chi connectivity index (χ4v) is 2.48. The Kier molecular flexibility index (Phi) is 4.96. The second-order valence-electron chi connectivity index (χ2n) is 5.25. The SMILES string of the molecule is CCOC(=O)c1cn(CCC2CCN(C)CC2)cn1. The number of ether oxygens (including phenoxy) is 1. The number of piperidine rings is 1. The minimum absolute atomic E-state index is 0.333. The minimum atomic E-state index is -0.333. The Labute approximate surface area is 114 Å². The van der Waals surface area contributed by atoms with Crippen LogP contribution in [0, 0.1) is 5.92 Å². The third-order valence-electron chi connectivity index (χ3n) is 3.75. The summed E-state index contributed by atoms with van der Waals surface area (Å²) >= 11 is 0. The van der Waals surface area contributed by atoms with Gasteiger partial charge in [-0.05, 0) is 52.2 Å². The van der Waals surface area contributed by atoms with E-state index in [2.05, 4.69) is 16.9 Å². The van der Waals surface area contributed by atoms with Crippen molar-refractivity contribution < 1.29 is 9.53 Å². The van der Waals surface area contributed by atoms with Gasteiger partial charge in [-0.3, -0.25) is 0 Å². The number of hydrogen-bond acceptors (Lipinski definition) is 4. The Morgan fingerprint density at radius 2 is 2.21 bits per heavy atom. The van der Waals surface area contributed by atoms with E-state index in [0.29, 0.717) is 12.3 Å². The van der Waals surface area contributed by atoms with Gasteiger partial charge in [0.15, 0.2) is 5.69 Å². The van der Waals surface area contributed by atoms with E-state index in [1.807, 2.05) is 4.57 Å². The summed E-state index contributed by atoms with van der Waals surface area (Å²) in [5, 5.41) is 0. The van der Waals surface area contributed by atoms with Crippen LogP contribution in [0.3, 0.4) is 0 Å². The Morgan fingerprint density at radius 1 is 1.47 bits per heavy atom. The average Bonchev–Trinajstić information content (AvgIpc) is 2.87. The highest BCUT2D eigenvalue weighted by atomic mass is 16.5. The van der Waals surface area contributed by atoms with E-state index in [1.54, 1.807) is 19.4 Å². The number of aryl methyl sites for hydroxylation is 1. The number of carbonyl (C=O) groups is 1. The smallest absolute Gasteiger partial charge is 0.358 e. The van der Waals surface area contributed by atoms with Crippen LogP contribution in [-0.4, -0.2) is 47.2 Å². The first-order valence-corrected chi connectivity index (χ1v) is 7.06. The van der Waals surface area contributed by atoms with Gasteiger partial charge < -0.3 is 14.2 Å². The fraction of sp³-hybridized carbons (Fsp3) is 0.714. The highest BCUT2D eigenvalue weighted by Gasteiger charge is 2.17. The molecule has 2 rings (SSSR count). The second kappa shape index (κ2) is 6.70. The standard InChI is InChI=1S/C14H23N3O2/c1-3-19-14(18)13-10-17(11-15-13)9-6-12-4-7-16(2)8-5-12/h10-12H,3-9H2,1-2H3. The molecule has 1 aliphatic rings. The second-order valence-corrected chi connectivity index (χ2v) is 5.25. The van der Waals surface area contributed by atoms with Crippen molar-refractivity contribution in [1.82, 2.24) is 14.5 Å². The average molecular weight is 265 g/mol. The van der Waals surface area contributed by atoms with Crippen LogP contribution in [0.5, 0.6) is 0 Å². The molecule has 5 heteroatoms. The maximum atomic E-state index is 11.5. The Balaban J connectivity index is 1.78. The first-order valence-electron chi connectivity index (χ1n) is 7.06. The number of carbonyl (C=O) groups excluding carboxylic acids is 1. The lowest BCUT2D eigenvalue weighted by Crippen LogP contribution is -2.30. The summed E-state index contributed by atoms with van der Waals surface area (Å²) in [6, 6.07) is 0. The first kappa shape index (κ1) is 14.1. The van der Waals surface area contributed by atoms with Crippen molar-refractivity contribution in [1.29, 1.82) is 0 Å². The third kappa shape index (κ3) is 4.06. The fourth-order valence-electron chi connectivity index (χ4n) is 2.48. The monoisotopic (exact) mass is 265 g/mol. The van der Waals surface area contributed by atoms with Crippen LogP contribution in [0.1, 0.15) is 36.7 Å². The van der Waals surface area contributed by atoms with E-state index in [4.69, 9.17) is 4.74 Å². The first-order chi connectivity index (χ1) is 9.19. The number of imidazole rings is 1. The number of rotatable bonds is 5. The van der Waals surface area contributed by atoms with E-state index in [0.717, 1.165) is 18.9 Å². The Hall–Kier alpha value is -1.36. The molecule has 0 radical (unpaired) electrons. The largest absolute Gasteiger partial charge is 0.461 e. The van der Waals surface area contributed by atoms with Gasteiger partial charge in [-0.1, -0.05) is 0 Å². The van der Waals surface area contributed by atoms with Gasteiger partial charge in [0.05, 0.1) is 12.9 Å². The summed E-state index contributed by atoms with van der Waals surface area (Å²) in [5.74, 6) is 0.463. The number of aromatic nitrogens is 2. The minimum Gasteiger partial charge on any atom is -0.461 e. The maximum Gasteiger partial charge on any atom is 0.358 e. The van der Waals surface area contributed by atoms with Crippen molar-refractivity contribution in [2.24, 2.45) is 5.92 Å². The number of hydrogen-bond donors (Lipinski definition) is 0. The molecule has 0 saturated carbocycles. The molecule has 106 valence electrons. The van der Waals surface area contributed by atoms with Crippen LogP contribution in [0.25, 0.3) is 0 Å². The number of nitrogens with zero attached hydrogens (tertiary/aromatic N) is 3. The van der Waals surface area contributed by atoms with Gasteiger partial charge in [0.25, 0.3) is 0 Å². The third-order valence-corrected chi connectivity index (χ3v) is 3.75. The van der Waals surface area contributed by atoms with Crippen LogP contribution < -0.4 is 0 Å². The molecule has 1 aromatic rings. The molecule has 1 saturated heterocycles. The predicted octanol–water partition coefficient (Wildman–Crippen LogP) is 1.79. The molecule has 0 aliphatic carbocycles. The molecule has 5 nitrogen and oxygen atoms in total. The van der Waals surface area contributed by atoms with Gasteiger partial charge in [-0.2, -0.15) is 0 Å². The van der Waals surface area contributed by atoms with Gasteiger partial charge in [0.1, 0.15) is 0 Å². The molecule has 0 unspecified atom stereocenters. The van der Waals surface area contributed by atoms with Crippen molar-refractivity contribution in [3.63, 3.8) is 0 Å². The molecular weight excluding hydrogens is 242 g/mol. The molecule has 0 aromatic carbocycles. The summed E-state index contributed by atoms with van der Waals surface area (Å²) in [6.45, 7) is 5.52. The van der Waals surface area contributed by atoms with E-state index >= 15 is 0 Å². The molecule has 1 aliphatic heterocycles. The van der Waals surface area contributed by atoms with Gasteiger partial charge >= 0.3 is 5.97 Å². The van der Waals surface area contributed by atoms with Crippen LogP contribution >= 0.6 is 0 Å². The molecule has 0 bridgehead atoms. The Morgan fingerprint density at radius 3 is 2.89 bits per heavy atom. The zero-order chi connectivity index (χ0) is 13.7. The van der Waals surface area contributed by atoms with E-state index in [9.17, 15) is 4.79 Å². The topological polar surface area (TPSA) is 47.4 Å². The van der Waals surface area contributed by atoms with E-state index in [1.165, 1.54) is 25.9 Å². The molecule has 1 aromatic heterocycles. The van der Waals surface area contributed by atoms with Gasteiger partial charge in [-0.15, -0.1) is 0 Å². The van der Waals surface area contributed by atoms with Crippen LogP contribution in [-0.2, 0) is 11.3 Å². The summed E-state index contributed by atoms with van der Waals surface area (Å²) in [4.78, 5) is 18.0. The zero-order valence-corrected chi connectivity index (χ0v) is 11.8. The van der Waals surface area contributed by atoms with Gasteiger partial charge in [0.2, 0.25) is 0 Å². The van der Waals surface area contributed by atoms with Crippen LogP contribution in [0.2, 0.25) is 0 Å². The normalized spacial score (nSPS) is 17.6. The zero-order valence-electron chi connectivity index (χ0n) is 11.8. The van der Waals surface area contributed by atoms with Gasteiger partial charge in [0, 0.05) is 12.7 Å². The number of esters is 1. The lowest BCUT2D eigenvalue weighted by atomic mass is 9.94. The molecule has 1 fully saturated rings. The van der Waals surface area contributed by atoms with Crippen molar-refractivity contribution in [2.45, 2.75) is 32.7 Å². The quantitative estimate of drug-likeness (QED) is 0.762. The van der Waals surface area contributed by atoms with Crippen molar-refractivity contribution in [2.75, 3.05) is 26.7 Å². The molecule has 0 amide bonds. The highest BCUT2D eigenvalue weighted by Crippen LogP contribution is 2.20.